The second-order valence-electron chi connectivity index (χ2n) is 8.98. The normalized spacial score (nSPS) is 14.6. The monoisotopic (exact) mass is 557 g/mol. The van der Waals surface area contributed by atoms with Crippen LogP contribution in [0.25, 0.3) is 0 Å². The Morgan fingerprint density at radius 1 is 0.842 bits per heavy atom. The van der Waals surface area contributed by atoms with Crippen LogP contribution in [0.3, 0.4) is 0 Å². The number of carbonyl (C=O) groups excluding carboxylic acids is 1. The van der Waals surface area contributed by atoms with E-state index in [0.717, 1.165) is 19.3 Å². The van der Waals surface area contributed by atoms with Crippen molar-refractivity contribution in [2.75, 3.05) is 29.7 Å². The number of nitrogens with one attached hydrogen (secondary N) is 2. The summed E-state index contributed by atoms with van der Waals surface area (Å²) in [5, 5.41) is 2.73. The molecule has 4 rings (SSSR count). The summed E-state index contributed by atoms with van der Waals surface area (Å²) < 4.78 is 61.0. The highest BCUT2D eigenvalue weighted by molar-refractivity contribution is 7.92. The Kier molecular flexibility index (Phi) is 8.39. The van der Waals surface area contributed by atoms with Gasteiger partial charge in [-0.25, -0.2) is 16.8 Å². The van der Waals surface area contributed by atoms with Crippen molar-refractivity contribution in [2.45, 2.75) is 42.9 Å². The van der Waals surface area contributed by atoms with Crippen LogP contribution >= 0.6 is 0 Å². The molecule has 1 aliphatic rings. The first kappa shape index (κ1) is 27.6. The fraction of sp³-hybridized carbons (Fsp3) is 0.296. The average molecular weight is 558 g/mol. The minimum Gasteiger partial charge on any atom is -0.494 e. The van der Waals surface area contributed by atoms with Crippen molar-refractivity contribution < 1.29 is 26.4 Å². The predicted octanol–water partition coefficient (Wildman–Crippen LogP) is 4.62. The molecule has 0 saturated carbocycles. The predicted molar refractivity (Wildman–Crippen MR) is 147 cm³/mol. The molecule has 202 valence electrons. The molecule has 0 atom stereocenters. The molecule has 1 heterocycles. The zero-order valence-corrected chi connectivity index (χ0v) is 22.9. The van der Waals surface area contributed by atoms with Gasteiger partial charge in [-0.1, -0.05) is 12.5 Å². The zero-order valence-electron chi connectivity index (χ0n) is 21.3. The van der Waals surface area contributed by atoms with Crippen LogP contribution in [0, 0.1) is 6.92 Å². The quantitative estimate of drug-likeness (QED) is 0.396. The van der Waals surface area contributed by atoms with Crippen LogP contribution in [0.15, 0.2) is 76.5 Å². The topological polar surface area (TPSA) is 122 Å². The van der Waals surface area contributed by atoms with Crippen molar-refractivity contribution in [2.24, 2.45) is 0 Å². The molecular weight excluding hydrogens is 526 g/mol. The van der Waals surface area contributed by atoms with Gasteiger partial charge in [-0.3, -0.25) is 9.52 Å². The van der Waals surface area contributed by atoms with Gasteiger partial charge in [0.15, 0.2) is 0 Å². The maximum Gasteiger partial charge on any atom is 0.261 e. The Balaban J connectivity index is 1.47. The highest BCUT2D eigenvalue weighted by Crippen LogP contribution is 2.24. The summed E-state index contributed by atoms with van der Waals surface area (Å²) in [5.41, 5.74) is 1.62. The van der Waals surface area contributed by atoms with E-state index in [1.165, 1.54) is 40.7 Å². The molecule has 11 heteroatoms. The van der Waals surface area contributed by atoms with Crippen LogP contribution in [0.5, 0.6) is 5.75 Å². The Bertz CT molecular complexity index is 1500. The van der Waals surface area contributed by atoms with Crippen LogP contribution in [-0.4, -0.2) is 46.7 Å². The van der Waals surface area contributed by atoms with Gasteiger partial charge in [0.05, 0.1) is 16.4 Å². The Morgan fingerprint density at radius 3 is 2.08 bits per heavy atom. The van der Waals surface area contributed by atoms with E-state index in [1.54, 1.807) is 37.3 Å². The molecule has 1 amide bonds. The molecule has 0 spiro atoms. The number of anilines is 2. The summed E-state index contributed by atoms with van der Waals surface area (Å²) in [4.78, 5) is 13.1. The average Bonchev–Trinajstić information content (AvgIpc) is 2.91. The summed E-state index contributed by atoms with van der Waals surface area (Å²) in [6.07, 6.45) is 2.64. The Morgan fingerprint density at radius 2 is 1.45 bits per heavy atom. The number of benzene rings is 3. The highest BCUT2D eigenvalue weighted by atomic mass is 32.2. The molecule has 0 aromatic heterocycles. The summed E-state index contributed by atoms with van der Waals surface area (Å²) in [6.45, 7) is 5.05. The molecule has 0 bridgehead atoms. The molecule has 0 unspecified atom stereocenters. The summed E-state index contributed by atoms with van der Waals surface area (Å²) in [7, 11) is -7.54. The molecule has 1 saturated heterocycles. The van der Waals surface area contributed by atoms with Gasteiger partial charge in [-0.05, 0) is 92.9 Å². The van der Waals surface area contributed by atoms with Crippen molar-refractivity contribution in [3.8, 4) is 5.75 Å². The minimum absolute atomic E-state index is 0.0233. The molecule has 0 radical (unpaired) electrons. The lowest BCUT2D eigenvalue weighted by molar-refractivity contribution is 0.102. The number of carbonyl (C=O) groups is 1. The number of hydrogen-bond donors (Lipinski definition) is 2. The lowest BCUT2D eigenvalue weighted by atomic mass is 10.1. The fourth-order valence-corrected chi connectivity index (χ4v) is 6.78. The zero-order chi connectivity index (χ0) is 27.3. The van der Waals surface area contributed by atoms with E-state index >= 15 is 0 Å². The Hall–Kier alpha value is -3.41. The number of ether oxygens (including phenoxy) is 1. The molecule has 3 aromatic carbocycles. The van der Waals surface area contributed by atoms with E-state index in [1.807, 2.05) is 6.92 Å². The number of aryl methyl sites for hydroxylation is 1. The van der Waals surface area contributed by atoms with Crippen LogP contribution in [0.2, 0.25) is 0 Å². The smallest absolute Gasteiger partial charge is 0.261 e. The van der Waals surface area contributed by atoms with E-state index in [4.69, 9.17) is 4.74 Å². The van der Waals surface area contributed by atoms with Gasteiger partial charge >= 0.3 is 0 Å². The number of sulfonamides is 2. The third-order valence-corrected chi connectivity index (χ3v) is 9.54. The van der Waals surface area contributed by atoms with E-state index in [2.05, 4.69) is 10.0 Å². The van der Waals surface area contributed by atoms with Crippen LogP contribution in [0.4, 0.5) is 11.4 Å². The second kappa shape index (κ2) is 11.5. The first-order valence-corrected chi connectivity index (χ1v) is 15.3. The maximum atomic E-state index is 13.1. The van der Waals surface area contributed by atoms with Crippen LogP contribution in [-0.2, 0) is 20.0 Å². The van der Waals surface area contributed by atoms with Crippen LogP contribution < -0.4 is 14.8 Å². The minimum atomic E-state index is -3.85. The number of piperidine rings is 1. The lowest BCUT2D eigenvalue weighted by Crippen LogP contribution is -2.35. The number of nitrogens with zero attached hydrogens (tertiary/aromatic N) is 1. The standard InChI is InChI=1S/C27H31N3O6S2/c1-3-36-23-12-8-22(9-13-23)29-37(32,33)24-15-10-21(11-16-24)28-27(31)26-19-25(14-7-20(26)2)38(34,35)30-17-5-4-6-18-30/h7-16,19,29H,3-6,17-18H2,1-2H3,(H,28,31). The van der Waals surface area contributed by atoms with Crippen molar-refractivity contribution in [3.05, 3.63) is 77.9 Å². The van der Waals surface area contributed by atoms with Gasteiger partial charge in [-0.15, -0.1) is 0 Å². The van der Waals surface area contributed by atoms with E-state index in [9.17, 15) is 21.6 Å². The first-order chi connectivity index (χ1) is 18.1. The van der Waals surface area contributed by atoms with Crippen molar-refractivity contribution in [1.29, 1.82) is 0 Å². The number of rotatable bonds is 9. The SMILES string of the molecule is CCOc1ccc(NS(=O)(=O)c2ccc(NC(=O)c3cc(S(=O)(=O)N4CCCCC4)ccc3C)cc2)cc1. The summed E-state index contributed by atoms with van der Waals surface area (Å²) in [6, 6.07) is 16.8. The molecule has 2 N–H and O–H groups in total. The van der Waals surface area contributed by atoms with E-state index < -0.39 is 26.0 Å². The molecule has 0 aliphatic carbocycles. The maximum absolute atomic E-state index is 13.1. The van der Waals surface area contributed by atoms with E-state index in [0.29, 0.717) is 42.4 Å². The van der Waals surface area contributed by atoms with E-state index in [-0.39, 0.29) is 15.4 Å². The molecule has 1 fully saturated rings. The van der Waals surface area contributed by atoms with Gasteiger partial charge in [-0.2, -0.15) is 4.31 Å². The van der Waals surface area contributed by atoms with Gasteiger partial charge in [0.2, 0.25) is 10.0 Å². The number of hydrogen-bond acceptors (Lipinski definition) is 6. The summed E-state index contributed by atoms with van der Waals surface area (Å²) >= 11 is 0. The summed E-state index contributed by atoms with van der Waals surface area (Å²) in [5.74, 6) is 0.154. The van der Waals surface area contributed by atoms with Crippen molar-refractivity contribution in [3.63, 3.8) is 0 Å². The van der Waals surface area contributed by atoms with Crippen molar-refractivity contribution in [1.82, 2.24) is 4.31 Å². The second-order valence-corrected chi connectivity index (χ2v) is 12.6. The third-order valence-electron chi connectivity index (χ3n) is 6.25. The Labute approximate surface area is 223 Å². The third kappa shape index (κ3) is 6.35. The molecule has 9 nitrogen and oxygen atoms in total. The van der Waals surface area contributed by atoms with Crippen LogP contribution in [0.1, 0.15) is 42.1 Å². The fourth-order valence-electron chi connectivity index (χ4n) is 4.18. The largest absolute Gasteiger partial charge is 0.494 e. The molecule has 3 aromatic rings. The van der Waals surface area contributed by atoms with Gasteiger partial charge in [0, 0.05) is 30.0 Å². The molecule has 38 heavy (non-hydrogen) atoms. The highest BCUT2D eigenvalue weighted by Gasteiger charge is 2.27. The first-order valence-electron chi connectivity index (χ1n) is 12.4. The number of amides is 1. The lowest BCUT2D eigenvalue weighted by Gasteiger charge is -2.26. The molecular formula is C27H31N3O6S2. The van der Waals surface area contributed by atoms with Gasteiger partial charge < -0.3 is 10.1 Å². The van der Waals surface area contributed by atoms with Gasteiger partial charge in [0.25, 0.3) is 15.9 Å². The molecule has 1 aliphatic heterocycles. The van der Waals surface area contributed by atoms with Crippen molar-refractivity contribution >= 4 is 37.3 Å². The van der Waals surface area contributed by atoms with Gasteiger partial charge in [0.1, 0.15) is 5.75 Å².